The van der Waals surface area contributed by atoms with Gasteiger partial charge in [0.1, 0.15) is 5.92 Å². The number of rotatable bonds is 4. The number of carbonyl (C=O) groups excluding carboxylic acids is 1. The van der Waals surface area contributed by atoms with E-state index in [-0.39, 0.29) is 30.5 Å². The Morgan fingerprint density at radius 2 is 2.10 bits per heavy atom. The highest BCUT2D eigenvalue weighted by molar-refractivity contribution is 5.81. The van der Waals surface area contributed by atoms with Crippen LogP contribution in [0.25, 0.3) is 0 Å². The minimum Gasteiger partial charge on any atom is -0.481 e. The van der Waals surface area contributed by atoms with E-state index >= 15 is 0 Å². The maximum atomic E-state index is 12.7. The van der Waals surface area contributed by atoms with E-state index in [1.165, 1.54) is 0 Å². The van der Waals surface area contributed by atoms with Crippen molar-refractivity contribution in [3.63, 3.8) is 0 Å². The van der Waals surface area contributed by atoms with E-state index in [2.05, 4.69) is 0 Å². The Kier molecular flexibility index (Phi) is 4.99. The topological polar surface area (TPSA) is 92.9 Å². The number of hydrogen-bond acceptors (Lipinski definition) is 4. The van der Waals surface area contributed by atoms with Gasteiger partial charge in [-0.15, -0.1) is 0 Å². The maximum absolute atomic E-state index is 12.7. The first-order valence-corrected chi connectivity index (χ1v) is 7.41. The van der Waals surface area contributed by atoms with Crippen molar-refractivity contribution in [3.8, 4) is 0 Å². The number of nitrogens with two attached hydrogens (primary N) is 1. The molecular weight excluding hydrogens is 260 g/mol. The van der Waals surface area contributed by atoms with Crippen LogP contribution in [0.15, 0.2) is 0 Å². The van der Waals surface area contributed by atoms with Gasteiger partial charge in [-0.05, 0) is 26.2 Å². The van der Waals surface area contributed by atoms with Crippen molar-refractivity contribution in [2.45, 2.75) is 44.7 Å². The van der Waals surface area contributed by atoms with Crippen molar-refractivity contribution in [1.82, 2.24) is 4.90 Å². The van der Waals surface area contributed by atoms with Crippen molar-refractivity contribution < 1.29 is 19.4 Å². The Labute approximate surface area is 119 Å². The highest BCUT2D eigenvalue weighted by Gasteiger charge is 2.41. The van der Waals surface area contributed by atoms with E-state index in [4.69, 9.17) is 10.5 Å². The summed E-state index contributed by atoms with van der Waals surface area (Å²) in [6.45, 7) is 2.91. The van der Waals surface area contributed by atoms with Gasteiger partial charge >= 0.3 is 5.97 Å². The monoisotopic (exact) mass is 284 g/mol. The minimum absolute atomic E-state index is 0.0457. The van der Waals surface area contributed by atoms with Crippen LogP contribution in [-0.2, 0) is 14.3 Å². The van der Waals surface area contributed by atoms with Crippen molar-refractivity contribution in [1.29, 1.82) is 0 Å². The first kappa shape index (κ1) is 15.3. The molecule has 0 radical (unpaired) electrons. The van der Waals surface area contributed by atoms with Crippen LogP contribution < -0.4 is 5.73 Å². The van der Waals surface area contributed by atoms with Gasteiger partial charge in [-0.25, -0.2) is 0 Å². The number of hydrogen-bond donors (Lipinski definition) is 2. The minimum atomic E-state index is -0.890. The summed E-state index contributed by atoms with van der Waals surface area (Å²) in [5.74, 6) is -1.52. The second-order valence-corrected chi connectivity index (χ2v) is 5.80. The van der Waals surface area contributed by atoms with Crippen molar-refractivity contribution in [2.24, 2.45) is 17.6 Å². The fourth-order valence-corrected chi connectivity index (χ4v) is 3.33. The lowest BCUT2D eigenvalue weighted by molar-refractivity contribution is -0.146. The van der Waals surface area contributed by atoms with Crippen LogP contribution in [-0.4, -0.2) is 53.7 Å². The average molecular weight is 284 g/mol. The predicted molar refractivity (Wildman–Crippen MR) is 73.1 cm³/mol. The summed E-state index contributed by atoms with van der Waals surface area (Å²) in [6.07, 6.45) is 3.51. The third-order valence-electron chi connectivity index (χ3n) is 4.46. The quantitative estimate of drug-likeness (QED) is 0.782. The number of aliphatic carboxylic acids is 1. The van der Waals surface area contributed by atoms with Gasteiger partial charge in [0, 0.05) is 18.5 Å². The lowest BCUT2D eigenvalue weighted by Crippen LogP contribution is -2.49. The zero-order valence-electron chi connectivity index (χ0n) is 12.0. The fraction of sp³-hybridized carbons (Fsp3) is 0.857. The third kappa shape index (κ3) is 3.12. The van der Waals surface area contributed by atoms with Gasteiger partial charge in [-0.1, -0.05) is 6.42 Å². The Morgan fingerprint density at radius 3 is 2.70 bits per heavy atom. The molecular formula is C14H24N2O4. The maximum Gasteiger partial charge on any atom is 0.311 e. The zero-order chi connectivity index (χ0) is 14.7. The number of carboxylic acid groups (broad SMARTS) is 1. The first-order chi connectivity index (χ1) is 9.54. The number of amides is 1. The van der Waals surface area contributed by atoms with Crippen molar-refractivity contribution in [3.05, 3.63) is 0 Å². The van der Waals surface area contributed by atoms with Gasteiger partial charge in [0.25, 0.3) is 0 Å². The molecule has 20 heavy (non-hydrogen) atoms. The van der Waals surface area contributed by atoms with E-state index in [0.717, 1.165) is 19.3 Å². The molecule has 0 bridgehead atoms. The summed E-state index contributed by atoms with van der Waals surface area (Å²) in [4.78, 5) is 25.6. The van der Waals surface area contributed by atoms with Gasteiger partial charge < -0.3 is 20.5 Å². The van der Waals surface area contributed by atoms with Crippen LogP contribution in [0.5, 0.6) is 0 Å². The second kappa shape index (κ2) is 6.54. The molecule has 1 saturated heterocycles. The SMILES string of the molecule is CCN(C(=O)C1CCCC(N)C1)C1COCC1C(=O)O. The second-order valence-electron chi connectivity index (χ2n) is 5.80. The van der Waals surface area contributed by atoms with Gasteiger partial charge in [-0.3, -0.25) is 9.59 Å². The van der Waals surface area contributed by atoms with Crippen LogP contribution in [0.4, 0.5) is 0 Å². The fourth-order valence-electron chi connectivity index (χ4n) is 3.33. The summed E-state index contributed by atoms with van der Waals surface area (Å²) < 4.78 is 5.27. The lowest BCUT2D eigenvalue weighted by atomic mass is 9.84. The van der Waals surface area contributed by atoms with Gasteiger partial charge in [0.2, 0.25) is 5.91 Å². The first-order valence-electron chi connectivity index (χ1n) is 7.41. The largest absolute Gasteiger partial charge is 0.481 e. The molecule has 114 valence electrons. The molecule has 1 saturated carbocycles. The van der Waals surface area contributed by atoms with Gasteiger partial charge in [0.15, 0.2) is 0 Å². The van der Waals surface area contributed by atoms with Crippen LogP contribution in [0, 0.1) is 11.8 Å². The zero-order valence-corrected chi connectivity index (χ0v) is 12.0. The van der Waals surface area contributed by atoms with E-state index in [1.54, 1.807) is 4.90 Å². The number of carboxylic acids is 1. The third-order valence-corrected chi connectivity index (χ3v) is 4.46. The molecule has 1 amide bonds. The number of nitrogens with zero attached hydrogens (tertiary/aromatic N) is 1. The van der Waals surface area contributed by atoms with E-state index in [1.807, 2.05) is 6.92 Å². The number of likely N-dealkylation sites (N-methyl/N-ethyl adjacent to an activating group) is 1. The molecule has 6 nitrogen and oxygen atoms in total. The van der Waals surface area contributed by atoms with E-state index in [9.17, 15) is 14.7 Å². The molecule has 0 aromatic heterocycles. The highest BCUT2D eigenvalue weighted by Crippen LogP contribution is 2.28. The molecule has 0 aromatic carbocycles. The van der Waals surface area contributed by atoms with E-state index in [0.29, 0.717) is 19.6 Å². The summed E-state index contributed by atoms with van der Waals surface area (Å²) in [7, 11) is 0. The smallest absolute Gasteiger partial charge is 0.311 e. The summed E-state index contributed by atoms with van der Waals surface area (Å²) in [5, 5.41) is 9.22. The molecule has 4 atom stereocenters. The highest BCUT2D eigenvalue weighted by atomic mass is 16.5. The molecule has 0 spiro atoms. The molecule has 6 heteroatoms. The molecule has 1 aliphatic heterocycles. The van der Waals surface area contributed by atoms with Gasteiger partial charge in [-0.2, -0.15) is 0 Å². The van der Waals surface area contributed by atoms with Crippen LogP contribution in [0.1, 0.15) is 32.6 Å². The van der Waals surface area contributed by atoms with Crippen molar-refractivity contribution in [2.75, 3.05) is 19.8 Å². The van der Waals surface area contributed by atoms with Crippen LogP contribution in [0.3, 0.4) is 0 Å². The molecule has 1 heterocycles. The normalized spacial score (nSPS) is 33.9. The molecule has 3 N–H and O–H groups in total. The lowest BCUT2D eigenvalue weighted by Gasteiger charge is -2.35. The Morgan fingerprint density at radius 1 is 1.35 bits per heavy atom. The summed E-state index contributed by atoms with van der Waals surface area (Å²) >= 11 is 0. The molecule has 2 fully saturated rings. The Hall–Kier alpha value is -1.14. The average Bonchev–Trinajstić information content (AvgIpc) is 2.89. The molecule has 2 aliphatic rings. The van der Waals surface area contributed by atoms with E-state index < -0.39 is 11.9 Å². The van der Waals surface area contributed by atoms with Crippen LogP contribution in [0.2, 0.25) is 0 Å². The number of ether oxygens (including phenoxy) is 1. The Bertz CT molecular complexity index is 374. The van der Waals surface area contributed by atoms with Gasteiger partial charge in [0.05, 0.1) is 19.3 Å². The summed E-state index contributed by atoms with van der Waals surface area (Å²) in [6, 6.07) is -0.255. The molecule has 4 unspecified atom stereocenters. The number of carbonyl (C=O) groups is 2. The summed E-state index contributed by atoms with van der Waals surface area (Å²) in [5.41, 5.74) is 5.94. The Balaban J connectivity index is 2.06. The van der Waals surface area contributed by atoms with Crippen LogP contribution >= 0.6 is 0 Å². The molecule has 1 aliphatic carbocycles. The standard InChI is InChI=1S/C14H24N2O4/c1-2-16(12-8-20-7-11(12)14(18)19)13(17)9-4-3-5-10(15)6-9/h9-12H,2-8,15H2,1H3,(H,18,19). The molecule has 2 rings (SSSR count). The van der Waals surface area contributed by atoms with Crippen molar-refractivity contribution >= 4 is 11.9 Å². The molecule has 0 aromatic rings. The predicted octanol–water partition coefficient (Wildman–Crippen LogP) is 0.452.